The average molecular weight is 218 g/mol. The summed E-state index contributed by atoms with van der Waals surface area (Å²) in [6.07, 6.45) is 6.56. The zero-order valence-electron chi connectivity index (χ0n) is 9.72. The Bertz CT molecular complexity index is 423. The maximum atomic E-state index is 6.04. The Balaban J connectivity index is 1.57. The van der Waals surface area contributed by atoms with Crippen LogP contribution in [0.2, 0.25) is 0 Å². The largest absolute Gasteiger partial charge is 0.358 e. The van der Waals surface area contributed by atoms with Gasteiger partial charge in [0.05, 0.1) is 5.69 Å². The molecule has 3 nitrogen and oxygen atoms in total. The number of epoxide rings is 1. The van der Waals surface area contributed by atoms with Crippen LogP contribution < -0.4 is 0 Å². The van der Waals surface area contributed by atoms with Gasteiger partial charge < -0.3 is 9.30 Å². The first kappa shape index (κ1) is 9.25. The van der Waals surface area contributed by atoms with Crippen LogP contribution in [-0.4, -0.2) is 34.7 Å². The molecule has 0 unspecified atom stereocenters. The minimum absolute atomic E-state index is 0.0731. The van der Waals surface area contributed by atoms with E-state index < -0.39 is 0 Å². The standard InChI is InChI=1S/C13H18N2O/c1-14-7-2-3-11(14)13-6-8-15(10-4-5-10)9-12(13)16-13/h2-3,7,10,12H,4-6,8-9H2,1H3/t12-,13-/m1/s1. The highest BCUT2D eigenvalue weighted by Crippen LogP contribution is 2.53. The molecule has 0 bridgehead atoms. The quantitative estimate of drug-likeness (QED) is 0.701. The van der Waals surface area contributed by atoms with Gasteiger partial charge in [-0.05, 0) is 31.4 Å². The van der Waals surface area contributed by atoms with Crippen LogP contribution in [0.1, 0.15) is 25.0 Å². The minimum atomic E-state index is 0.0731. The summed E-state index contributed by atoms with van der Waals surface area (Å²) < 4.78 is 8.25. The molecule has 1 aromatic rings. The van der Waals surface area contributed by atoms with Crippen molar-refractivity contribution < 1.29 is 4.74 Å². The van der Waals surface area contributed by atoms with Crippen molar-refractivity contribution in [1.82, 2.24) is 9.47 Å². The molecule has 2 saturated heterocycles. The molecule has 0 spiro atoms. The van der Waals surface area contributed by atoms with Gasteiger partial charge in [-0.15, -0.1) is 0 Å². The van der Waals surface area contributed by atoms with Crippen LogP contribution in [-0.2, 0) is 17.4 Å². The summed E-state index contributed by atoms with van der Waals surface area (Å²) in [5, 5.41) is 0. The van der Waals surface area contributed by atoms with Crippen molar-refractivity contribution in [1.29, 1.82) is 0 Å². The number of nitrogens with zero attached hydrogens (tertiary/aromatic N) is 2. The first-order chi connectivity index (χ1) is 7.79. The lowest BCUT2D eigenvalue weighted by Crippen LogP contribution is -2.40. The lowest BCUT2D eigenvalue weighted by atomic mass is 9.93. The number of piperidine rings is 1. The number of ether oxygens (including phenoxy) is 1. The molecule has 16 heavy (non-hydrogen) atoms. The van der Waals surface area contributed by atoms with Crippen LogP contribution in [0.25, 0.3) is 0 Å². The number of rotatable bonds is 2. The van der Waals surface area contributed by atoms with Gasteiger partial charge in [0.15, 0.2) is 0 Å². The Morgan fingerprint density at radius 1 is 1.44 bits per heavy atom. The molecule has 1 saturated carbocycles. The molecule has 0 aromatic carbocycles. The van der Waals surface area contributed by atoms with Crippen molar-refractivity contribution in [2.75, 3.05) is 13.1 Å². The molecule has 3 heterocycles. The Morgan fingerprint density at radius 3 is 2.94 bits per heavy atom. The lowest BCUT2D eigenvalue weighted by Gasteiger charge is -2.28. The summed E-state index contributed by atoms with van der Waals surface area (Å²) in [6.45, 7) is 2.36. The molecule has 3 fully saturated rings. The molecule has 0 radical (unpaired) electrons. The van der Waals surface area contributed by atoms with Crippen molar-refractivity contribution in [3.8, 4) is 0 Å². The van der Waals surface area contributed by atoms with Gasteiger partial charge in [-0.1, -0.05) is 0 Å². The van der Waals surface area contributed by atoms with Gasteiger partial charge >= 0.3 is 0 Å². The van der Waals surface area contributed by atoms with E-state index in [1.165, 1.54) is 31.5 Å². The zero-order valence-corrected chi connectivity index (χ0v) is 9.72. The number of likely N-dealkylation sites (tertiary alicyclic amines) is 1. The third kappa shape index (κ3) is 1.16. The maximum Gasteiger partial charge on any atom is 0.137 e. The molecule has 0 N–H and O–H groups in total. The monoisotopic (exact) mass is 218 g/mol. The third-order valence-electron chi connectivity index (χ3n) is 4.43. The molecule has 1 aliphatic carbocycles. The molecule has 0 amide bonds. The summed E-state index contributed by atoms with van der Waals surface area (Å²) in [5.41, 5.74) is 1.44. The highest BCUT2D eigenvalue weighted by Gasteiger charge is 2.62. The van der Waals surface area contributed by atoms with Crippen molar-refractivity contribution in [2.45, 2.75) is 37.0 Å². The fraction of sp³-hybridized carbons (Fsp3) is 0.692. The van der Waals surface area contributed by atoms with Gasteiger partial charge in [-0.25, -0.2) is 0 Å². The van der Waals surface area contributed by atoms with Crippen LogP contribution in [0.5, 0.6) is 0 Å². The minimum Gasteiger partial charge on any atom is -0.358 e. The van der Waals surface area contributed by atoms with Crippen LogP contribution in [0.3, 0.4) is 0 Å². The van der Waals surface area contributed by atoms with E-state index in [9.17, 15) is 0 Å². The number of aryl methyl sites for hydroxylation is 1. The second kappa shape index (κ2) is 2.90. The Kier molecular flexibility index (Phi) is 1.68. The smallest absolute Gasteiger partial charge is 0.137 e. The molecular formula is C13H18N2O. The average Bonchev–Trinajstić information content (AvgIpc) is 3.17. The number of fused-ring (bicyclic) bond motifs is 1. The molecule has 86 valence electrons. The van der Waals surface area contributed by atoms with Crippen molar-refractivity contribution in [3.63, 3.8) is 0 Å². The predicted molar refractivity (Wildman–Crippen MR) is 61.2 cm³/mol. The fourth-order valence-electron chi connectivity index (χ4n) is 3.26. The molecule has 2 atom stereocenters. The molecule has 2 aliphatic heterocycles. The number of hydrogen-bond acceptors (Lipinski definition) is 2. The second-order valence-corrected chi connectivity index (χ2v) is 5.48. The van der Waals surface area contributed by atoms with Gasteiger partial charge in [-0.2, -0.15) is 0 Å². The van der Waals surface area contributed by atoms with Crippen LogP contribution >= 0.6 is 0 Å². The highest BCUT2D eigenvalue weighted by atomic mass is 16.6. The number of aromatic nitrogens is 1. The van der Waals surface area contributed by atoms with Crippen LogP contribution in [0, 0.1) is 0 Å². The zero-order chi connectivity index (χ0) is 10.8. The Labute approximate surface area is 96.0 Å². The van der Waals surface area contributed by atoms with E-state index in [0.717, 1.165) is 12.6 Å². The van der Waals surface area contributed by atoms with E-state index in [4.69, 9.17) is 4.74 Å². The topological polar surface area (TPSA) is 20.7 Å². The van der Waals surface area contributed by atoms with Gasteiger partial charge in [0, 0.05) is 32.4 Å². The summed E-state index contributed by atoms with van der Waals surface area (Å²) in [4.78, 5) is 2.62. The van der Waals surface area contributed by atoms with Crippen LogP contribution in [0.15, 0.2) is 18.3 Å². The van der Waals surface area contributed by atoms with E-state index in [2.05, 4.69) is 34.8 Å². The van der Waals surface area contributed by atoms with Crippen LogP contribution in [0.4, 0.5) is 0 Å². The molecule has 3 aliphatic rings. The molecule has 1 aromatic heterocycles. The van der Waals surface area contributed by atoms with E-state index >= 15 is 0 Å². The highest BCUT2D eigenvalue weighted by molar-refractivity contribution is 5.26. The van der Waals surface area contributed by atoms with E-state index in [1.54, 1.807) is 0 Å². The summed E-state index contributed by atoms with van der Waals surface area (Å²) in [5.74, 6) is 0. The van der Waals surface area contributed by atoms with Gasteiger partial charge in [0.1, 0.15) is 11.7 Å². The predicted octanol–water partition coefficient (Wildman–Crippen LogP) is 1.49. The first-order valence-corrected chi connectivity index (χ1v) is 6.33. The Morgan fingerprint density at radius 2 is 2.31 bits per heavy atom. The van der Waals surface area contributed by atoms with Crippen molar-refractivity contribution >= 4 is 0 Å². The second-order valence-electron chi connectivity index (χ2n) is 5.48. The van der Waals surface area contributed by atoms with E-state index in [1.807, 2.05) is 0 Å². The Hall–Kier alpha value is -0.800. The fourth-order valence-corrected chi connectivity index (χ4v) is 3.26. The van der Waals surface area contributed by atoms with Gasteiger partial charge in [0.25, 0.3) is 0 Å². The molecule has 3 heteroatoms. The maximum absolute atomic E-state index is 6.04. The first-order valence-electron chi connectivity index (χ1n) is 6.33. The summed E-state index contributed by atoms with van der Waals surface area (Å²) in [7, 11) is 2.12. The number of hydrogen-bond donors (Lipinski definition) is 0. The summed E-state index contributed by atoms with van der Waals surface area (Å²) in [6, 6.07) is 5.22. The van der Waals surface area contributed by atoms with E-state index in [0.29, 0.717) is 6.10 Å². The van der Waals surface area contributed by atoms with E-state index in [-0.39, 0.29) is 5.60 Å². The molecular weight excluding hydrogens is 200 g/mol. The van der Waals surface area contributed by atoms with Crippen molar-refractivity contribution in [3.05, 3.63) is 24.0 Å². The van der Waals surface area contributed by atoms with Gasteiger partial charge in [0.2, 0.25) is 0 Å². The third-order valence-corrected chi connectivity index (χ3v) is 4.43. The van der Waals surface area contributed by atoms with Crippen molar-refractivity contribution in [2.24, 2.45) is 7.05 Å². The molecule has 4 rings (SSSR count). The summed E-state index contributed by atoms with van der Waals surface area (Å²) >= 11 is 0. The normalized spacial score (nSPS) is 38.4. The SMILES string of the molecule is Cn1cccc1[C@]12CCN(C3CC3)C[C@H]1O2. The lowest BCUT2D eigenvalue weighted by molar-refractivity contribution is 0.213. The van der Waals surface area contributed by atoms with Gasteiger partial charge in [-0.3, -0.25) is 4.90 Å².